The second-order valence-corrected chi connectivity index (χ2v) is 5.33. The van der Waals surface area contributed by atoms with Crippen LogP contribution in [0.3, 0.4) is 0 Å². The van der Waals surface area contributed by atoms with Gasteiger partial charge >= 0.3 is 0 Å². The van der Waals surface area contributed by atoms with E-state index < -0.39 is 0 Å². The molecule has 0 atom stereocenters. The van der Waals surface area contributed by atoms with Crippen LogP contribution in [0, 0.1) is 0 Å². The molecule has 2 heterocycles. The van der Waals surface area contributed by atoms with E-state index in [1.807, 2.05) is 0 Å². The van der Waals surface area contributed by atoms with Gasteiger partial charge in [-0.2, -0.15) is 0 Å². The van der Waals surface area contributed by atoms with Crippen LogP contribution in [-0.2, 0) is 17.9 Å². The minimum absolute atomic E-state index is 0.153. The van der Waals surface area contributed by atoms with Crippen molar-refractivity contribution in [2.45, 2.75) is 13.1 Å². The number of ether oxygens (including phenoxy) is 1. The zero-order valence-electron chi connectivity index (χ0n) is 13.6. The summed E-state index contributed by atoms with van der Waals surface area (Å²) >= 11 is 6.06. The average Bonchev–Trinajstić information content (AvgIpc) is 2.65. The van der Waals surface area contributed by atoms with E-state index in [0.717, 1.165) is 0 Å². The van der Waals surface area contributed by atoms with Gasteiger partial charge in [-0.3, -0.25) is 14.6 Å². The zero-order valence-corrected chi connectivity index (χ0v) is 14.3. The number of hydrogen-bond donors (Lipinski definition) is 2. The number of pyridine rings is 2. The number of rotatable bonds is 7. The van der Waals surface area contributed by atoms with Gasteiger partial charge in [-0.05, 0) is 24.3 Å². The van der Waals surface area contributed by atoms with Gasteiger partial charge in [0.2, 0.25) is 11.8 Å². The van der Waals surface area contributed by atoms with E-state index in [0.29, 0.717) is 27.9 Å². The number of carbonyl (C=O) groups is 2. The fraction of sp³-hybridized carbons (Fsp3) is 0.176. The molecule has 0 aliphatic rings. The van der Waals surface area contributed by atoms with E-state index in [2.05, 4.69) is 27.2 Å². The molecule has 0 fully saturated rings. The molecule has 0 spiro atoms. The normalized spacial score (nSPS) is 10.0. The molecule has 0 radical (unpaired) electrons. The number of carbonyl (C=O) groups excluding carboxylic acids is 2. The predicted octanol–water partition coefficient (Wildman–Crippen LogP) is 1.87. The number of methoxy groups -OCH3 is 1. The monoisotopic (exact) mass is 360 g/mol. The molecule has 0 unspecified atom stereocenters. The summed E-state index contributed by atoms with van der Waals surface area (Å²) in [4.78, 5) is 31.8. The van der Waals surface area contributed by atoms with Crippen LogP contribution >= 0.6 is 11.6 Å². The van der Waals surface area contributed by atoms with Crippen molar-refractivity contribution < 1.29 is 14.3 Å². The van der Waals surface area contributed by atoms with Crippen LogP contribution in [0.4, 0.5) is 0 Å². The Labute approximate surface area is 150 Å². The molecule has 0 bridgehead atoms. The van der Waals surface area contributed by atoms with Crippen molar-refractivity contribution in [1.82, 2.24) is 20.6 Å². The van der Waals surface area contributed by atoms with Gasteiger partial charge in [-0.1, -0.05) is 18.2 Å². The van der Waals surface area contributed by atoms with Crippen molar-refractivity contribution in [2.75, 3.05) is 7.11 Å². The maximum absolute atomic E-state index is 12.3. The number of hydrogen-bond acceptors (Lipinski definition) is 5. The van der Waals surface area contributed by atoms with Crippen LogP contribution in [0.1, 0.15) is 21.7 Å². The molecule has 0 saturated carbocycles. The van der Waals surface area contributed by atoms with Crippen LogP contribution in [0.25, 0.3) is 0 Å². The standard InChI is InChI=1S/C17H17ClN4O3/c1-3-15(23)20-9-12-8-11(6-7-19-12)17(24)21-10-14-13(18)4-5-16(22-14)25-2/h3-8H,1,9-10H2,2H3,(H,20,23)(H,21,24). The summed E-state index contributed by atoms with van der Waals surface area (Å²) in [7, 11) is 1.50. The van der Waals surface area contributed by atoms with Gasteiger partial charge in [-0.15, -0.1) is 0 Å². The highest BCUT2D eigenvalue weighted by molar-refractivity contribution is 6.31. The Hall–Kier alpha value is -2.93. The summed E-state index contributed by atoms with van der Waals surface area (Å²) in [5.41, 5.74) is 1.47. The molecule has 130 valence electrons. The number of aromatic nitrogens is 2. The molecule has 0 aromatic carbocycles. The molecule has 2 aromatic rings. The molecule has 0 aliphatic heterocycles. The lowest BCUT2D eigenvalue weighted by Gasteiger charge is -2.09. The lowest BCUT2D eigenvalue weighted by Crippen LogP contribution is -2.24. The molecule has 8 heteroatoms. The van der Waals surface area contributed by atoms with Crippen molar-refractivity contribution in [1.29, 1.82) is 0 Å². The van der Waals surface area contributed by atoms with Gasteiger partial charge in [-0.25, -0.2) is 4.98 Å². The Bertz CT molecular complexity index is 795. The van der Waals surface area contributed by atoms with E-state index in [9.17, 15) is 9.59 Å². The van der Waals surface area contributed by atoms with Gasteiger partial charge < -0.3 is 15.4 Å². The molecule has 2 amide bonds. The summed E-state index contributed by atoms with van der Waals surface area (Å²) in [6.07, 6.45) is 2.67. The van der Waals surface area contributed by atoms with Crippen molar-refractivity contribution in [3.05, 3.63) is 65.1 Å². The fourth-order valence-electron chi connectivity index (χ4n) is 1.93. The highest BCUT2D eigenvalue weighted by Gasteiger charge is 2.10. The van der Waals surface area contributed by atoms with Crippen LogP contribution in [-0.4, -0.2) is 28.9 Å². The summed E-state index contributed by atoms with van der Waals surface area (Å²) in [5.74, 6) is -0.201. The van der Waals surface area contributed by atoms with Crippen LogP contribution in [0.15, 0.2) is 43.1 Å². The van der Waals surface area contributed by atoms with Crippen molar-refractivity contribution in [2.24, 2.45) is 0 Å². The summed E-state index contributed by atoms with van der Waals surface area (Å²) in [6, 6.07) is 6.47. The fourth-order valence-corrected chi connectivity index (χ4v) is 2.11. The Morgan fingerprint density at radius 3 is 2.80 bits per heavy atom. The van der Waals surface area contributed by atoms with E-state index in [4.69, 9.17) is 16.3 Å². The summed E-state index contributed by atoms with van der Waals surface area (Å²) in [5, 5.41) is 5.77. The minimum Gasteiger partial charge on any atom is -0.481 e. The van der Waals surface area contributed by atoms with Crippen LogP contribution in [0.2, 0.25) is 5.02 Å². The summed E-state index contributed by atoms with van der Waals surface area (Å²) < 4.78 is 5.04. The number of nitrogens with zero attached hydrogens (tertiary/aromatic N) is 2. The van der Waals surface area contributed by atoms with E-state index in [-0.39, 0.29) is 24.9 Å². The van der Waals surface area contributed by atoms with Crippen molar-refractivity contribution in [3.8, 4) is 5.88 Å². The number of nitrogens with one attached hydrogen (secondary N) is 2. The van der Waals surface area contributed by atoms with Gasteiger partial charge in [0.05, 0.1) is 36.6 Å². The molecule has 2 rings (SSSR count). The van der Waals surface area contributed by atoms with Crippen LogP contribution in [0.5, 0.6) is 5.88 Å². The molecule has 0 saturated heterocycles. The van der Waals surface area contributed by atoms with E-state index >= 15 is 0 Å². The summed E-state index contributed by atoms with van der Waals surface area (Å²) in [6.45, 7) is 3.73. The number of halogens is 1. The topological polar surface area (TPSA) is 93.2 Å². The van der Waals surface area contributed by atoms with Gasteiger partial charge in [0.15, 0.2) is 0 Å². The lowest BCUT2D eigenvalue weighted by molar-refractivity contribution is -0.116. The average molecular weight is 361 g/mol. The SMILES string of the molecule is C=CC(=O)NCc1cc(C(=O)NCc2nc(OC)ccc2Cl)ccn1. The zero-order chi connectivity index (χ0) is 18.2. The molecule has 2 N–H and O–H groups in total. The molecule has 25 heavy (non-hydrogen) atoms. The first-order chi connectivity index (χ1) is 12.0. The van der Waals surface area contributed by atoms with Gasteiger partial charge in [0.1, 0.15) is 0 Å². The highest BCUT2D eigenvalue weighted by Crippen LogP contribution is 2.17. The molecule has 2 aromatic heterocycles. The van der Waals surface area contributed by atoms with Crippen molar-refractivity contribution in [3.63, 3.8) is 0 Å². The van der Waals surface area contributed by atoms with Gasteiger partial charge in [0, 0.05) is 17.8 Å². The minimum atomic E-state index is -0.310. The second-order valence-electron chi connectivity index (χ2n) is 4.92. The first kappa shape index (κ1) is 18.4. The number of amides is 2. The molecular weight excluding hydrogens is 344 g/mol. The Morgan fingerprint density at radius 2 is 2.08 bits per heavy atom. The van der Waals surface area contributed by atoms with E-state index in [1.165, 1.54) is 19.4 Å². The van der Waals surface area contributed by atoms with E-state index in [1.54, 1.807) is 24.3 Å². The first-order valence-corrected chi connectivity index (χ1v) is 7.74. The third-order valence-corrected chi connectivity index (χ3v) is 3.57. The quantitative estimate of drug-likeness (QED) is 0.735. The smallest absolute Gasteiger partial charge is 0.251 e. The Morgan fingerprint density at radius 1 is 1.28 bits per heavy atom. The first-order valence-electron chi connectivity index (χ1n) is 7.36. The Kier molecular flexibility index (Phi) is 6.47. The molecular formula is C17H17ClN4O3. The predicted molar refractivity (Wildman–Crippen MR) is 93.2 cm³/mol. The third-order valence-electron chi connectivity index (χ3n) is 3.23. The maximum atomic E-state index is 12.3. The highest BCUT2D eigenvalue weighted by atomic mass is 35.5. The second kappa shape index (κ2) is 8.79. The lowest BCUT2D eigenvalue weighted by atomic mass is 10.2. The molecule has 7 nitrogen and oxygen atoms in total. The van der Waals surface area contributed by atoms with Crippen LogP contribution < -0.4 is 15.4 Å². The third kappa shape index (κ3) is 5.29. The largest absolute Gasteiger partial charge is 0.481 e. The Balaban J connectivity index is 2.01. The van der Waals surface area contributed by atoms with Crippen molar-refractivity contribution >= 4 is 23.4 Å². The molecule has 0 aliphatic carbocycles. The maximum Gasteiger partial charge on any atom is 0.251 e. The van der Waals surface area contributed by atoms with Gasteiger partial charge in [0.25, 0.3) is 5.91 Å².